The Morgan fingerprint density at radius 3 is 2.05 bits per heavy atom. The molecular weight excluding hydrogens is 302 g/mol. The van der Waals surface area contributed by atoms with Crippen molar-refractivity contribution < 1.29 is 4.79 Å². The van der Waals surface area contributed by atoms with Crippen LogP contribution in [0.2, 0.25) is 0 Å². The van der Waals surface area contributed by atoms with Crippen molar-refractivity contribution >= 4 is 21.8 Å². The third-order valence-electron chi connectivity index (χ3n) is 5.61. The Morgan fingerprint density at radius 2 is 1.63 bits per heavy atom. The van der Waals surface area contributed by atoms with Crippen molar-refractivity contribution in [2.24, 2.45) is 28.6 Å². The summed E-state index contributed by atoms with van der Waals surface area (Å²) < 4.78 is 0. The van der Waals surface area contributed by atoms with E-state index in [0.717, 1.165) is 29.6 Å². The fourth-order valence-corrected chi connectivity index (χ4v) is 5.14. The second-order valence-electron chi connectivity index (χ2n) is 8.18. The Morgan fingerprint density at radius 1 is 1.16 bits per heavy atom. The van der Waals surface area contributed by atoms with Crippen molar-refractivity contribution in [1.29, 1.82) is 0 Å². The second-order valence-corrected chi connectivity index (χ2v) is 8.74. The first-order valence-electron chi connectivity index (χ1n) is 7.77. The summed E-state index contributed by atoms with van der Waals surface area (Å²) in [5.74, 6) is 2.91. The Balaban J connectivity index is 1.66. The van der Waals surface area contributed by atoms with Crippen molar-refractivity contribution in [2.75, 3.05) is 11.9 Å². The fraction of sp³-hybridized carbons (Fsp3) is 0.938. The number of alkyl halides is 1. The van der Waals surface area contributed by atoms with Crippen molar-refractivity contribution in [3.63, 3.8) is 0 Å². The number of nitrogens with one attached hydrogen (secondary N) is 1. The molecule has 0 aromatic carbocycles. The van der Waals surface area contributed by atoms with Gasteiger partial charge in [-0.2, -0.15) is 0 Å². The predicted octanol–water partition coefficient (Wildman–Crippen LogP) is 3.74. The molecule has 0 spiro atoms. The molecule has 4 rings (SSSR count). The molecule has 2 nitrogen and oxygen atoms in total. The van der Waals surface area contributed by atoms with Gasteiger partial charge in [-0.25, -0.2) is 0 Å². The van der Waals surface area contributed by atoms with Crippen LogP contribution in [0.1, 0.15) is 52.4 Å². The molecule has 4 bridgehead atoms. The van der Waals surface area contributed by atoms with E-state index in [1.165, 1.54) is 38.5 Å². The molecule has 1 N–H and O–H groups in total. The number of rotatable bonds is 4. The molecule has 4 aliphatic rings. The van der Waals surface area contributed by atoms with Crippen LogP contribution in [0, 0.1) is 28.6 Å². The third-order valence-corrected chi connectivity index (χ3v) is 7.13. The van der Waals surface area contributed by atoms with E-state index in [9.17, 15) is 4.79 Å². The monoisotopic (exact) mass is 327 g/mol. The number of carbonyl (C=O) groups is 1. The first-order valence-corrected chi connectivity index (χ1v) is 8.89. The highest BCUT2D eigenvalue weighted by molar-refractivity contribution is 9.09. The zero-order valence-electron chi connectivity index (χ0n) is 12.2. The van der Waals surface area contributed by atoms with Crippen LogP contribution in [0.5, 0.6) is 0 Å². The summed E-state index contributed by atoms with van der Waals surface area (Å²) in [6.07, 6.45) is 7.71. The molecular formula is C16H26BrNO. The quantitative estimate of drug-likeness (QED) is 0.783. The first kappa shape index (κ1) is 13.9. The summed E-state index contributed by atoms with van der Waals surface area (Å²) in [7, 11) is 0. The van der Waals surface area contributed by atoms with E-state index in [1.54, 1.807) is 0 Å². The van der Waals surface area contributed by atoms with E-state index < -0.39 is 0 Å². The molecule has 0 aromatic heterocycles. The second kappa shape index (κ2) is 4.75. The van der Waals surface area contributed by atoms with Gasteiger partial charge in [-0.15, -0.1) is 0 Å². The van der Waals surface area contributed by atoms with Crippen LogP contribution in [-0.2, 0) is 4.79 Å². The van der Waals surface area contributed by atoms with Gasteiger partial charge in [0.15, 0.2) is 0 Å². The molecule has 4 saturated carbocycles. The molecule has 0 saturated heterocycles. The zero-order chi connectivity index (χ0) is 13.7. The molecule has 0 unspecified atom stereocenters. The maximum absolute atomic E-state index is 12.7. The Hall–Kier alpha value is -0.0500. The van der Waals surface area contributed by atoms with Gasteiger partial charge in [0, 0.05) is 17.3 Å². The predicted molar refractivity (Wildman–Crippen MR) is 81.2 cm³/mol. The van der Waals surface area contributed by atoms with Gasteiger partial charge in [-0.3, -0.25) is 4.79 Å². The van der Waals surface area contributed by atoms with Crippen LogP contribution >= 0.6 is 15.9 Å². The SMILES string of the molecule is CC(C)(CBr)CNC(=O)C12CC3CC(CC(C3)C1)C2. The summed E-state index contributed by atoms with van der Waals surface area (Å²) >= 11 is 3.53. The van der Waals surface area contributed by atoms with E-state index >= 15 is 0 Å². The summed E-state index contributed by atoms with van der Waals surface area (Å²) in [5, 5.41) is 4.19. The smallest absolute Gasteiger partial charge is 0.226 e. The summed E-state index contributed by atoms with van der Waals surface area (Å²) in [6, 6.07) is 0. The van der Waals surface area contributed by atoms with Crippen molar-refractivity contribution in [3.8, 4) is 0 Å². The van der Waals surface area contributed by atoms with Gasteiger partial charge in [0.05, 0.1) is 0 Å². The van der Waals surface area contributed by atoms with Gasteiger partial charge >= 0.3 is 0 Å². The van der Waals surface area contributed by atoms with Crippen molar-refractivity contribution in [3.05, 3.63) is 0 Å². The number of carbonyl (C=O) groups excluding carboxylic acids is 1. The Bertz CT molecular complexity index is 342. The van der Waals surface area contributed by atoms with E-state index in [-0.39, 0.29) is 10.8 Å². The number of amides is 1. The standard InChI is InChI=1S/C16H26BrNO/c1-15(2,9-17)10-18-14(19)16-6-11-3-12(7-16)5-13(4-11)8-16/h11-13H,3-10H2,1-2H3,(H,18,19). The highest BCUT2D eigenvalue weighted by Gasteiger charge is 2.54. The van der Waals surface area contributed by atoms with Gasteiger partial charge in [-0.05, 0) is 61.7 Å². The molecule has 0 aromatic rings. The molecule has 0 radical (unpaired) electrons. The lowest BCUT2D eigenvalue weighted by atomic mass is 9.49. The minimum absolute atomic E-state index is 0.0111. The molecule has 19 heavy (non-hydrogen) atoms. The number of halogens is 1. The van der Waals surface area contributed by atoms with Gasteiger partial charge in [0.25, 0.3) is 0 Å². The molecule has 4 fully saturated rings. The van der Waals surface area contributed by atoms with Crippen LogP contribution < -0.4 is 5.32 Å². The molecule has 0 atom stereocenters. The van der Waals surface area contributed by atoms with E-state index in [1.807, 2.05) is 0 Å². The maximum Gasteiger partial charge on any atom is 0.226 e. The van der Waals surface area contributed by atoms with Crippen LogP contribution in [0.15, 0.2) is 0 Å². The molecule has 4 aliphatic carbocycles. The molecule has 1 amide bonds. The Kier molecular flexibility index (Phi) is 3.48. The summed E-state index contributed by atoms with van der Waals surface area (Å²) in [4.78, 5) is 12.7. The molecule has 3 heteroatoms. The van der Waals surface area contributed by atoms with Gasteiger partial charge < -0.3 is 5.32 Å². The number of hydrogen-bond donors (Lipinski definition) is 1. The van der Waals surface area contributed by atoms with Crippen LogP contribution in [0.4, 0.5) is 0 Å². The van der Waals surface area contributed by atoms with E-state index in [0.29, 0.717) is 5.91 Å². The average Bonchev–Trinajstić information content (AvgIpc) is 2.34. The van der Waals surface area contributed by atoms with Crippen LogP contribution in [0.25, 0.3) is 0 Å². The minimum Gasteiger partial charge on any atom is -0.355 e. The van der Waals surface area contributed by atoms with Crippen molar-refractivity contribution in [2.45, 2.75) is 52.4 Å². The molecule has 108 valence electrons. The number of hydrogen-bond acceptors (Lipinski definition) is 1. The summed E-state index contributed by atoms with van der Waals surface area (Å²) in [5.41, 5.74) is 0.162. The first-order chi connectivity index (χ1) is 8.92. The molecule has 0 aliphatic heterocycles. The average molecular weight is 328 g/mol. The topological polar surface area (TPSA) is 29.1 Å². The third kappa shape index (κ3) is 2.59. The maximum atomic E-state index is 12.7. The lowest BCUT2D eigenvalue weighted by Crippen LogP contribution is -2.54. The fourth-order valence-electron chi connectivity index (χ4n) is 4.94. The van der Waals surface area contributed by atoms with E-state index in [4.69, 9.17) is 0 Å². The highest BCUT2D eigenvalue weighted by Crippen LogP contribution is 2.60. The largest absolute Gasteiger partial charge is 0.355 e. The lowest BCUT2D eigenvalue weighted by Gasteiger charge is -2.55. The van der Waals surface area contributed by atoms with Gasteiger partial charge in [0.2, 0.25) is 5.91 Å². The van der Waals surface area contributed by atoms with Crippen LogP contribution in [-0.4, -0.2) is 17.8 Å². The van der Waals surface area contributed by atoms with Gasteiger partial charge in [-0.1, -0.05) is 29.8 Å². The molecule has 0 heterocycles. The zero-order valence-corrected chi connectivity index (χ0v) is 13.8. The highest BCUT2D eigenvalue weighted by atomic mass is 79.9. The van der Waals surface area contributed by atoms with Crippen molar-refractivity contribution in [1.82, 2.24) is 5.32 Å². The minimum atomic E-state index is 0.0111. The van der Waals surface area contributed by atoms with Crippen LogP contribution in [0.3, 0.4) is 0 Å². The summed E-state index contributed by atoms with van der Waals surface area (Å²) in [6.45, 7) is 5.18. The Labute approximate surface area is 125 Å². The normalized spacial score (nSPS) is 40.5. The van der Waals surface area contributed by atoms with Gasteiger partial charge in [0.1, 0.15) is 0 Å². The van der Waals surface area contributed by atoms with E-state index in [2.05, 4.69) is 35.1 Å². The lowest BCUT2D eigenvalue weighted by molar-refractivity contribution is -0.146.